The fourth-order valence-corrected chi connectivity index (χ4v) is 3.02. The van der Waals surface area contributed by atoms with Crippen LogP contribution in [-0.2, 0) is 4.74 Å². The molecule has 0 spiro atoms. The van der Waals surface area contributed by atoms with Crippen LogP contribution in [0.1, 0.15) is 43.3 Å². The van der Waals surface area contributed by atoms with Gasteiger partial charge in [-0.2, -0.15) is 4.98 Å². The number of hydrogen-bond acceptors (Lipinski definition) is 7. The summed E-state index contributed by atoms with van der Waals surface area (Å²) in [6.45, 7) is 9.81. The van der Waals surface area contributed by atoms with Crippen molar-refractivity contribution in [3.8, 4) is 11.4 Å². The lowest BCUT2D eigenvalue weighted by Crippen LogP contribution is -2.47. The van der Waals surface area contributed by atoms with Crippen molar-refractivity contribution in [2.45, 2.75) is 26.9 Å². The van der Waals surface area contributed by atoms with Gasteiger partial charge in [0.25, 0.3) is 11.8 Å². The summed E-state index contributed by atoms with van der Waals surface area (Å²) in [5, 5.41) is 4.04. The van der Waals surface area contributed by atoms with Crippen molar-refractivity contribution in [2.75, 3.05) is 39.8 Å². The molecule has 1 unspecified atom stereocenters. The summed E-state index contributed by atoms with van der Waals surface area (Å²) in [6, 6.07) is 3.52. The number of aromatic nitrogens is 3. The van der Waals surface area contributed by atoms with Crippen LogP contribution in [0.4, 0.5) is 0 Å². The van der Waals surface area contributed by atoms with E-state index in [1.165, 1.54) is 0 Å². The molecule has 0 aromatic carbocycles. The van der Waals surface area contributed by atoms with E-state index in [1.54, 1.807) is 18.3 Å². The Morgan fingerprint density at radius 1 is 1.26 bits per heavy atom. The lowest BCUT2D eigenvalue weighted by Gasteiger charge is -2.32. The van der Waals surface area contributed by atoms with E-state index >= 15 is 0 Å². The molecule has 2 aromatic rings. The van der Waals surface area contributed by atoms with Crippen LogP contribution in [0.2, 0.25) is 0 Å². The molecule has 27 heavy (non-hydrogen) atoms. The molecule has 1 aliphatic rings. The number of likely N-dealkylation sites (N-methyl/N-ethyl adjacent to an activating group) is 1. The van der Waals surface area contributed by atoms with Gasteiger partial charge in [-0.25, -0.2) is 0 Å². The van der Waals surface area contributed by atoms with Gasteiger partial charge in [-0.05, 0) is 32.0 Å². The van der Waals surface area contributed by atoms with E-state index in [9.17, 15) is 4.79 Å². The predicted molar refractivity (Wildman–Crippen MR) is 100 cm³/mol. The van der Waals surface area contributed by atoms with Crippen molar-refractivity contribution in [3.05, 3.63) is 29.9 Å². The minimum absolute atomic E-state index is 0.0420. The van der Waals surface area contributed by atoms with Crippen molar-refractivity contribution >= 4 is 5.91 Å². The molecule has 1 saturated heterocycles. The Bertz CT molecular complexity index is 751. The van der Waals surface area contributed by atoms with Gasteiger partial charge in [-0.15, -0.1) is 0 Å². The lowest BCUT2D eigenvalue weighted by atomic mass is 10.1. The average Bonchev–Trinajstić information content (AvgIpc) is 3.15. The molecule has 1 fully saturated rings. The summed E-state index contributed by atoms with van der Waals surface area (Å²) >= 11 is 0. The number of amides is 1. The first-order chi connectivity index (χ1) is 13.0. The second-order valence-electron chi connectivity index (χ2n) is 7.10. The highest BCUT2D eigenvalue weighted by atomic mass is 16.5. The van der Waals surface area contributed by atoms with Gasteiger partial charge in [0.1, 0.15) is 11.8 Å². The summed E-state index contributed by atoms with van der Waals surface area (Å²) < 4.78 is 11.1. The van der Waals surface area contributed by atoms with Crippen molar-refractivity contribution < 1.29 is 14.1 Å². The number of ether oxygens (including phenoxy) is 1. The zero-order chi connectivity index (χ0) is 19.4. The predicted octanol–water partition coefficient (Wildman–Crippen LogP) is 2.25. The van der Waals surface area contributed by atoms with Crippen LogP contribution in [0.15, 0.2) is 22.9 Å². The normalized spacial score (nSPS) is 16.7. The molecule has 1 amide bonds. The second-order valence-corrected chi connectivity index (χ2v) is 7.10. The fraction of sp³-hybridized carbons (Fsp3) is 0.579. The number of carbonyl (C=O) groups is 1. The van der Waals surface area contributed by atoms with Crippen LogP contribution in [0.5, 0.6) is 0 Å². The Morgan fingerprint density at radius 3 is 2.59 bits per heavy atom. The Hall–Kier alpha value is -2.32. The summed E-state index contributed by atoms with van der Waals surface area (Å²) in [5.74, 6) is 1.08. The molecule has 8 nitrogen and oxygen atoms in total. The van der Waals surface area contributed by atoms with Gasteiger partial charge in [0.05, 0.1) is 0 Å². The average molecular weight is 373 g/mol. The van der Waals surface area contributed by atoms with E-state index in [0.717, 1.165) is 26.2 Å². The third-order valence-corrected chi connectivity index (χ3v) is 4.67. The Labute approximate surface area is 159 Å². The number of rotatable bonds is 6. The van der Waals surface area contributed by atoms with E-state index in [0.29, 0.717) is 29.6 Å². The third-order valence-electron chi connectivity index (χ3n) is 4.67. The van der Waals surface area contributed by atoms with Gasteiger partial charge in [0.15, 0.2) is 0 Å². The van der Waals surface area contributed by atoms with E-state index in [4.69, 9.17) is 9.26 Å². The molecule has 0 saturated carbocycles. The van der Waals surface area contributed by atoms with Gasteiger partial charge in [0, 0.05) is 44.5 Å². The molecule has 1 aliphatic heterocycles. The zero-order valence-electron chi connectivity index (χ0n) is 16.4. The number of carbonyl (C=O) groups excluding carboxylic acids is 1. The fourth-order valence-electron chi connectivity index (χ4n) is 3.02. The number of nitrogens with zero attached hydrogens (tertiary/aromatic N) is 5. The van der Waals surface area contributed by atoms with Crippen molar-refractivity contribution in [1.82, 2.24) is 24.9 Å². The minimum Gasteiger partial charge on any atom is -0.368 e. The maximum atomic E-state index is 12.6. The molecular weight excluding hydrogens is 346 g/mol. The highest BCUT2D eigenvalue weighted by Gasteiger charge is 2.24. The minimum atomic E-state index is -0.234. The molecule has 3 heterocycles. The maximum Gasteiger partial charge on any atom is 0.272 e. The second kappa shape index (κ2) is 8.58. The maximum absolute atomic E-state index is 12.6. The summed E-state index contributed by atoms with van der Waals surface area (Å²) in [4.78, 5) is 25.4. The van der Waals surface area contributed by atoms with Crippen molar-refractivity contribution in [1.29, 1.82) is 0 Å². The standard InChI is InChI=1S/C19H27N5O3/c1-5-26-16(13(2)3)18-21-17(22-27-18)14-6-7-15(20-12-14)19(25)24-10-8-23(4)9-11-24/h6-7,12-13,16H,5,8-11H2,1-4H3. The van der Waals surface area contributed by atoms with E-state index in [-0.39, 0.29) is 17.9 Å². The molecule has 8 heteroatoms. The molecule has 3 rings (SSSR count). The highest BCUT2D eigenvalue weighted by Crippen LogP contribution is 2.26. The van der Waals surface area contributed by atoms with Gasteiger partial charge in [0.2, 0.25) is 5.82 Å². The molecular formula is C19H27N5O3. The Balaban J connectivity index is 1.71. The van der Waals surface area contributed by atoms with Crippen molar-refractivity contribution in [3.63, 3.8) is 0 Å². The van der Waals surface area contributed by atoms with Gasteiger partial charge < -0.3 is 19.1 Å². The zero-order valence-corrected chi connectivity index (χ0v) is 16.4. The third kappa shape index (κ3) is 4.51. The van der Waals surface area contributed by atoms with Crippen LogP contribution in [-0.4, -0.2) is 70.7 Å². The first kappa shape index (κ1) is 19.4. The van der Waals surface area contributed by atoms with Gasteiger partial charge in [-0.3, -0.25) is 9.78 Å². The Morgan fingerprint density at radius 2 is 2.00 bits per heavy atom. The highest BCUT2D eigenvalue weighted by molar-refractivity contribution is 5.92. The molecule has 1 atom stereocenters. The van der Waals surface area contributed by atoms with Crippen LogP contribution >= 0.6 is 0 Å². The summed E-state index contributed by atoms with van der Waals surface area (Å²) in [6.07, 6.45) is 1.38. The molecule has 0 N–H and O–H groups in total. The molecule has 0 bridgehead atoms. The SMILES string of the molecule is CCOC(c1nc(-c2ccc(C(=O)N3CCN(C)CC3)nc2)no1)C(C)C. The van der Waals surface area contributed by atoms with E-state index in [2.05, 4.69) is 27.1 Å². The quantitative estimate of drug-likeness (QED) is 0.768. The van der Waals surface area contributed by atoms with Crippen LogP contribution in [0, 0.1) is 5.92 Å². The number of hydrogen-bond donors (Lipinski definition) is 0. The molecule has 0 radical (unpaired) electrons. The summed E-state index contributed by atoms with van der Waals surface area (Å²) in [7, 11) is 2.06. The van der Waals surface area contributed by atoms with Gasteiger partial charge >= 0.3 is 0 Å². The van der Waals surface area contributed by atoms with E-state index in [1.807, 2.05) is 25.7 Å². The first-order valence-corrected chi connectivity index (χ1v) is 9.39. The molecule has 0 aliphatic carbocycles. The monoisotopic (exact) mass is 373 g/mol. The van der Waals surface area contributed by atoms with E-state index < -0.39 is 0 Å². The van der Waals surface area contributed by atoms with Crippen LogP contribution < -0.4 is 0 Å². The van der Waals surface area contributed by atoms with Gasteiger partial charge in [-0.1, -0.05) is 19.0 Å². The Kier molecular flexibility index (Phi) is 6.18. The van der Waals surface area contributed by atoms with Crippen LogP contribution in [0.25, 0.3) is 11.4 Å². The summed E-state index contributed by atoms with van der Waals surface area (Å²) in [5.41, 5.74) is 1.14. The lowest BCUT2D eigenvalue weighted by molar-refractivity contribution is 0.00701. The largest absolute Gasteiger partial charge is 0.368 e. The first-order valence-electron chi connectivity index (χ1n) is 9.39. The molecule has 146 valence electrons. The number of pyridine rings is 1. The topological polar surface area (TPSA) is 84.6 Å². The van der Waals surface area contributed by atoms with Crippen molar-refractivity contribution in [2.24, 2.45) is 5.92 Å². The smallest absolute Gasteiger partial charge is 0.272 e. The molecule has 2 aromatic heterocycles. The number of piperazine rings is 1. The van der Waals surface area contributed by atoms with Crippen LogP contribution in [0.3, 0.4) is 0 Å².